The highest BCUT2D eigenvalue weighted by atomic mass is 32.2. The molecule has 32 heavy (non-hydrogen) atoms. The number of piperidine rings is 1. The van der Waals surface area contributed by atoms with Crippen LogP contribution < -0.4 is 9.47 Å². The van der Waals surface area contributed by atoms with Crippen LogP contribution in [-0.2, 0) is 20.7 Å². The van der Waals surface area contributed by atoms with E-state index in [1.807, 2.05) is 36.4 Å². The first kappa shape index (κ1) is 22.6. The third-order valence-electron chi connectivity index (χ3n) is 6.31. The van der Waals surface area contributed by atoms with Crippen molar-refractivity contribution in [3.63, 3.8) is 0 Å². The van der Waals surface area contributed by atoms with Gasteiger partial charge in [-0.1, -0.05) is 12.1 Å². The molecule has 0 radical (unpaired) electrons. The summed E-state index contributed by atoms with van der Waals surface area (Å²) >= 11 is 0. The summed E-state index contributed by atoms with van der Waals surface area (Å²) in [5, 5.41) is 8.93. The fourth-order valence-electron chi connectivity index (χ4n) is 4.54. The average Bonchev–Trinajstić information content (AvgIpc) is 2.78. The molecular formula is C24H28N2O5S. The van der Waals surface area contributed by atoms with Crippen molar-refractivity contribution in [2.75, 3.05) is 33.0 Å². The van der Waals surface area contributed by atoms with E-state index in [9.17, 15) is 8.42 Å². The topological polar surface area (TPSA) is 88.9 Å². The molecule has 2 aliphatic rings. The van der Waals surface area contributed by atoms with Gasteiger partial charge < -0.3 is 14.4 Å². The highest BCUT2D eigenvalue weighted by Gasteiger charge is 2.44. The first-order valence-electron chi connectivity index (χ1n) is 10.8. The third-order valence-corrected chi connectivity index (χ3v) is 6.89. The molecule has 8 heteroatoms. The Kier molecular flexibility index (Phi) is 6.42. The van der Waals surface area contributed by atoms with E-state index < -0.39 is 21.8 Å². The summed E-state index contributed by atoms with van der Waals surface area (Å²) in [4.78, 5) is 2.41. The number of nitrogens with zero attached hydrogens (tertiary/aromatic N) is 2. The zero-order valence-electron chi connectivity index (χ0n) is 18.4. The van der Waals surface area contributed by atoms with Gasteiger partial charge in [0.25, 0.3) is 10.1 Å². The Morgan fingerprint density at radius 1 is 1.19 bits per heavy atom. The highest BCUT2D eigenvalue weighted by Crippen LogP contribution is 2.47. The number of ether oxygens (including phenoxy) is 2. The summed E-state index contributed by atoms with van der Waals surface area (Å²) in [5.41, 5.74) is 2.15. The molecule has 1 atom stereocenters. The maximum Gasteiger partial charge on any atom is 0.264 e. The standard InChI is InChI=1S/C24H28N2O5S/c1-29-20-7-8-22-21(15-20)23(31-32(2,27)28)16-24(30-22)10-13-26(14-11-24)12-9-18-3-5-19(17-25)6-4-18/h3-8,15,23H,9-14,16H2,1-2H3. The molecule has 2 aromatic rings. The van der Waals surface area contributed by atoms with E-state index in [1.165, 1.54) is 5.56 Å². The van der Waals surface area contributed by atoms with Crippen LogP contribution in [0, 0.1) is 11.3 Å². The van der Waals surface area contributed by atoms with Crippen LogP contribution >= 0.6 is 0 Å². The molecule has 2 aromatic carbocycles. The van der Waals surface area contributed by atoms with Crippen molar-refractivity contribution in [1.29, 1.82) is 5.26 Å². The van der Waals surface area contributed by atoms with E-state index in [4.69, 9.17) is 18.9 Å². The predicted molar refractivity (Wildman–Crippen MR) is 120 cm³/mol. The zero-order valence-corrected chi connectivity index (χ0v) is 19.2. The van der Waals surface area contributed by atoms with E-state index in [-0.39, 0.29) is 0 Å². The lowest BCUT2D eigenvalue weighted by Gasteiger charge is -2.46. The van der Waals surface area contributed by atoms with Gasteiger partial charge in [0.15, 0.2) is 0 Å². The molecule has 0 aromatic heterocycles. The van der Waals surface area contributed by atoms with Crippen molar-refractivity contribution in [2.45, 2.75) is 37.4 Å². The van der Waals surface area contributed by atoms with Crippen LogP contribution in [0.1, 0.15) is 42.1 Å². The van der Waals surface area contributed by atoms with Crippen molar-refractivity contribution in [3.8, 4) is 17.6 Å². The molecular weight excluding hydrogens is 428 g/mol. The molecule has 1 saturated heterocycles. The Balaban J connectivity index is 1.43. The summed E-state index contributed by atoms with van der Waals surface area (Å²) in [6, 6.07) is 15.3. The van der Waals surface area contributed by atoms with Gasteiger partial charge in [-0.05, 0) is 55.2 Å². The van der Waals surface area contributed by atoms with Crippen molar-refractivity contribution >= 4 is 10.1 Å². The Hall–Kier alpha value is -2.60. The molecule has 0 aliphatic carbocycles. The second-order valence-corrected chi connectivity index (χ2v) is 10.2. The average molecular weight is 457 g/mol. The Morgan fingerprint density at radius 3 is 2.53 bits per heavy atom. The number of likely N-dealkylation sites (tertiary alicyclic amines) is 1. The fourth-order valence-corrected chi connectivity index (χ4v) is 5.13. The van der Waals surface area contributed by atoms with Gasteiger partial charge in [-0.3, -0.25) is 4.18 Å². The largest absolute Gasteiger partial charge is 0.497 e. The SMILES string of the molecule is COc1ccc2c(c1)C(OS(C)(=O)=O)CC1(CCN(CCc3ccc(C#N)cc3)CC1)O2. The van der Waals surface area contributed by atoms with E-state index in [2.05, 4.69) is 11.0 Å². The van der Waals surface area contributed by atoms with Crippen LogP contribution in [0.4, 0.5) is 0 Å². The molecule has 0 amide bonds. The molecule has 2 heterocycles. The molecule has 1 fully saturated rings. The minimum Gasteiger partial charge on any atom is -0.497 e. The zero-order chi connectivity index (χ0) is 22.8. The number of methoxy groups -OCH3 is 1. The molecule has 7 nitrogen and oxygen atoms in total. The third kappa shape index (κ3) is 5.23. The van der Waals surface area contributed by atoms with Crippen LogP contribution in [-0.4, -0.2) is 51.9 Å². The van der Waals surface area contributed by atoms with Gasteiger partial charge in [0, 0.05) is 31.6 Å². The van der Waals surface area contributed by atoms with Crippen molar-refractivity contribution in [2.24, 2.45) is 0 Å². The summed E-state index contributed by atoms with van der Waals surface area (Å²) in [6.07, 6.45) is 3.51. The number of hydrogen-bond donors (Lipinski definition) is 0. The second kappa shape index (κ2) is 9.10. The van der Waals surface area contributed by atoms with Gasteiger partial charge in [0.2, 0.25) is 0 Å². The monoisotopic (exact) mass is 456 g/mol. The van der Waals surface area contributed by atoms with E-state index in [1.54, 1.807) is 13.2 Å². The van der Waals surface area contributed by atoms with Gasteiger partial charge >= 0.3 is 0 Å². The van der Waals surface area contributed by atoms with Gasteiger partial charge in [0.05, 0.1) is 25.0 Å². The predicted octanol–water partition coefficient (Wildman–Crippen LogP) is 3.44. The highest BCUT2D eigenvalue weighted by molar-refractivity contribution is 7.86. The van der Waals surface area contributed by atoms with Crippen LogP contribution in [0.5, 0.6) is 11.5 Å². The Labute approximate surface area is 189 Å². The smallest absolute Gasteiger partial charge is 0.264 e. The molecule has 0 saturated carbocycles. The van der Waals surface area contributed by atoms with Gasteiger partial charge in [0.1, 0.15) is 23.2 Å². The minimum atomic E-state index is -3.62. The summed E-state index contributed by atoms with van der Waals surface area (Å²) in [6.45, 7) is 2.67. The second-order valence-electron chi connectivity index (χ2n) is 8.58. The lowest BCUT2D eigenvalue weighted by Crippen LogP contribution is -2.51. The van der Waals surface area contributed by atoms with Crippen LogP contribution in [0.3, 0.4) is 0 Å². The fraction of sp³-hybridized carbons (Fsp3) is 0.458. The van der Waals surface area contributed by atoms with Crippen molar-refractivity contribution in [1.82, 2.24) is 4.90 Å². The first-order valence-corrected chi connectivity index (χ1v) is 12.6. The van der Waals surface area contributed by atoms with Crippen molar-refractivity contribution < 1.29 is 22.1 Å². The van der Waals surface area contributed by atoms with E-state index >= 15 is 0 Å². The van der Waals surface area contributed by atoms with Crippen LogP contribution in [0.25, 0.3) is 0 Å². The summed E-state index contributed by atoms with van der Waals surface area (Å²) in [5.74, 6) is 1.31. The molecule has 4 rings (SSSR count). The number of hydrogen-bond acceptors (Lipinski definition) is 7. The number of fused-ring (bicyclic) bond motifs is 1. The van der Waals surface area contributed by atoms with Crippen molar-refractivity contribution in [3.05, 3.63) is 59.2 Å². The molecule has 2 aliphatic heterocycles. The number of rotatable bonds is 6. The lowest BCUT2D eigenvalue weighted by molar-refractivity contribution is -0.0465. The number of benzene rings is 2. The van der Waals surface area contributed by atoms with Crippen LogP contribution in [0.15, 0.2) is 42.5 Å². The lowest BCUT2D eigenvalue weighted by atomic mass is 9.81. The molecule has 1 spiro atoms. The maximum atomic E-state index is 11.9. The summed E-state index contributed by atoms with van der Waals surface area (Å²) < 4.78 is 41.1. The molecule has 1 unspecified atom stereocenters. The Bertz CT molecular complexity index is 1100. The first-order chi connectivity index (χ1) is 15.3. The minimum absolute atomic E-state index is 0.443. The maximum absolute atomic E-state index is 11.9. The van der Waals surface area contributed by atoms with E-state index in [0.717, 1.165) is 45.2 Å². The molecule has 170 valence electrons. The summed E-state index contributed by atoms with van der Waals surface area (Å²) in [7, 11) is -2.05. The normalized spacial score (nSPS) is 20.2. The molecule has 0 bridgehead atoms. The van der Waals surface area contributed by atoms with Gasteiger partial charge in [-0.2, -0.15) is 13.7 Å². The molecule has 0 N–H and O–H groups in total. The number of nitriles is 1. The van der Waals surface area contributed by atoms with Crippen LogP contribution in [0.2, 0.25) is 0 Å². The Morgan fingerprint density at radius 2 is 1.91 bits per heavy atom. The van der Waals surface area contributed by atoms with Gasteiger partial charge in [-0.15, -0.1) is 0 Å². The quantitative estimate of drug-likeness (QED) is 0.615. The van der Waals surface area contributed by atoms with E-state index in [0.29, 0.717) is 29.0 Å². The van der Waals surface area contributed by atoms with Gasteiger partial charge in [-0.25, -0.2) is 0 Å².